The maximum Gasteiger partial charge on any atom is 0.411 e. The molecule has 0 aromatic heterocycles. The van der Waals surface area contributed by atoms with Gasteiger partial charge in [-0.2, -0.15) is 0 Å². The Morgan fingerprint density at radius 3 is 2.34 bits per heavy atom. The smallest absolute Gasteiger partial charge is 0.411 e. The summed E-state index contributed by atoms with van der Waals surface area (Å²) in [6.45, 7) is 6.88. The highest BCUT2D eigenvalue weighted by Crippen LogP contribution is 2.34. The van der Waals surface area contributed by atoms with Crippen molar-refractivity contribution in [2.75, 3.05) is 18.4 Å². The van der Waals surface area contributed by atoms with Gasteiger partial charge >= 0.3 is 12.2 Å². The predicted octanol–water partition coefficient (Wildman–Crippen LogP) is 7.53. The van der Waals surface area contributed by atoms with Crippen LogP contribution in [0, 0.1) is 0 Å². The maximum atomic E-state index is 12.7. The van der Waals surface area contributed by atoms with E-state index in [-0.39, 0.29) is 12.2 Å². The number of carbonyl (C=O) groups excluding carboxylic acids is 2. The average Bonchev–Trinajstić information content (AvgIpc) is 2.88. The summed E-state index contributed by atoms with van der Waals surface area (Å²) in [7, 11) is 0. The summed E-state index contributed by atoms with van der Waals surface area (Å²) in [4.78, 5) is 26.6. The van der Waals surface area contributed by atoms with E-state index < -0.39 is 11.7 Å². The predicted molar refractivity (Wildman–Crippen MR) is 149 cm³/mol. The van der Waals surface area contributed by atoms with Crippen LogP contribution in [-0.4, -0.2) is 41.9 Å². The van der Waals surface area contributed by atoms with Crippen LogP contribution in [0.3, 0.4) is 0 Å². The van der Waals surface area contributed by atoms with Gasteiger partial charge in [-0.1, -0.05) is 66.2 Å². The van der Waals surface area contributed by atoms with E-state index in [2.05, 4.69) is 5.32 Å². The van der Waals surface area contributed by atoms with E-state index in [1.165, 1.54) is 0 Å². The minimum Gasteiger partial charge on any atom is -0.487 e. The number of ether oxygens (including phenoxy) is 3. The van der Waals surface area contributed by atoms with Gasteiger partial charge < -0.3 is 19.1 Å². The number of likely N-dealkylation sites (tertiary alicyclic amines) is 1. The van der Waals surface area contributed by atoms with Crippen LogP contribution in [0.4, 0.5) is 15.3 Å². The van der Waals surface area contributed by atoms with Crippen LogP contribution < -0.4 is 10.1 Å². The molecule has 3 aromatic carbocycles. The standard InChI is InChI=1S/C30H33ClN2O5/c1-30(2,3)38-29(35)33-17-15-23(16-18-33)37-28(34)32-26-12-8-7-11-24(26)22-13-14-27(25(31)19-22)36-20-21-9-5-4-6-10-21/h4-14,19,23H,15-18,20H2,1-3H3,(H,32,34). The number of nitrogens with one attached hydrogen (secondary N) is 1. The lowest BCUT2D eigenvalue weighted by atomic mass is 10.0. The van der Waals surface area contributed by atoms with Crippen molar-refractivity contribution >= 4 is 29.5 Å². The summed E-state index contributed by atoms with van der Waals surface area (Å²) < 4.78 is 17.0. The molecular formula is C30H33ClN2O5. The molecule has 4 rings (SSSR count). The summed E-state index contributed by atoms with van der Waals surface area (Å²) >= 11 is 6.53. The molecule has 0 unspecified atom stereocenters. The van der Waals surface area contributed by atoms with Gasteiger partial charge in [0.05, 0.1) is 10.7 Å². The highest BCUT2D eigenvalue weighted by atomic mass is 35.5. The van der Waals surface area contributed by atoms with Crippen LogP contribution in [0.15, 0.2) is 72.8 Å². The van der Waals surface area contributed by atoms with Crippen LogP contribution in [0.1, 0.15) is 39.2 Å². The molecule has 1 fully saturated rings. The number of piperidine rings is 1. The molecule has 0 aliphatic carbocycles. The summed E-state index contributed by atoms with van der Waals surface area (Å²) in [5, 5.41) is 3.34. The van der Waals surface area contributed by atoms with Gasteiger partial charge in [-0.05, 0) is 50.1 Å². The number of hydrogen-bond acceptors (Lipinski definition) is 5. The Morgan fingerprint density at radius 2 is 1.66 bits per heavy atom. The number of para-hydroxylation sites is 1. The first-order chi connectivity index (χ1) is 18.2. The van der Waals surface area contributed by atoms with Gasteiger partial charge in [0, 0.05) is 31.5 Å². The van der Waals surface area contributed by atoms with Crippen LogP contribution in [-0.2, 0) is 16.1 Å². The van der Waals surface area contributed by atoms with Crippen LogP contribution in [0.5, 0.6) is 5.75 Å². The molecule has 8 heteroatoms. The molecule has 2 amide bonds. The van der Waals surface area contributed by atoms with Crippen molar-refractivity contribution < 1.29 is 23.8 Å². The van der Waals surface area contributed by atoms with Crippen LogP contribution in [0.25, 0.3) is 11.1 Å². The Morgan fingerprint density at radius 1 is 0.974 bits per heavy atom. The maximum absolute atomic E-state index is 12.7. The summed E-state index contributed by atoms with van der Waals surface area (Å²) in [6, 6.07) is 22.9. The molecule has 38 heavy (non-hydrogen) atoms. The lowest BCUT2D eigenvalue weighted by Gasteiger charge is -2.33. The van der Waals surface area contributed by atoms with Crippen molar-refractivity contribution in [2.45, 2.75) is 51.9 Å². The Labute approximate surface area is 228 Å². The van der Waals surface area contributed by atoms with E-state index in [9.17, 15) is 9.59 Å². The number of benzene rings is 3. The Kier molecular flexibility index (Phi) is 8.79. The topological polar surface area (TPSA) is 77.1 Å². The summed E-state index contributed by atoms with van der Waals surface area (Å²) in [5.74, 6) is 0.585. The van der Waals surface area contributed by atoms with Crippen molar-refractivity contribution in [3.8, 4) is 16.9 Å². The van der Waals surface area contributed by atoms with Crippen molar-refractivity contribution in [3.63, 3.8) is 0 Å². The summed E-state index contributed by atoms with van der Waals surface area (Å²) in [5.41, 5.74) is 2.76. The van der Waals surface area contributed by atoms with E-state index in [1.807, 2.05) is 93.6 Å². The van der Waals surface area contributed by atoms with Crippen LogP contribution >= 0.6 is 11.6 Å². The number of amides is 2. The zero-order valence-electron chi connectivity index (χ0n) is 21.9. The number of halogens is 1. The molecule has 0 spiro atoms. The second-order valence-electron chi connectivity index (χ2n) is 10.2. The fraction of sp³-hybridized carbons (Fsp3) is 0.333. The van der Waals surface area contributed by atoms with Gasteiger partial charge in [0.15, 0.2) is 0 Å². The number of nitrogens with zero attached hydrogens (tertiary/aromatic N) is 1. The molecule has 0 atom stereocenters. The molecule has 1 aliphatic heterocycles. The molecule has 0 bridgehead atoms. The molecule has 1 heterocycles. The van der Waals surface area contributed by atoms with Gasteiger partial charge in [0.25, 0.3) is 0 Å². The van der Waals surface area contributed by atoms with E-state index in [0.717, 1.165) is 16.7 Å². The third kappa shape index (κ3) is 7.65. The monoisotopic (exact) mass is 536 g/mol. The second-order valence-corrected chi connectivity index (χ2v) is 10.6. The lowest BCUT2D eigenvalue weighted by molar-refractivity contribution is 0.00794. The molecule has 1 N–H and O–H groups in total. The van der Waals surface area contributed by atoms with Gasteiger partial charge in [-0.25, -0.2) is 9.59 Å². The molecule has 0 radical (unpaired) electrons. The van der Waals surface area contributed by atoms with E-state index >= 15 is 0 Å². The first-order valence-electron chi connectivity index (χ1n) is 12.7. The number of anilines is 1. The van der Waals surface area contributed by atoms with Crippen molar-refractivity contribution in [2.24, 2.45) is 0 Å². The zero-order valence-corrected chi connectivity index (χ0v) is 22.7. The fourth-order valence-corrected chi connectivity index (χ4v) is 4.37. The number of rotatable bonds is 6. The number of hydrogen-bond donors (Lipinski definition) is 1. The summed E-state index contributed by atoms with van der Waals surface area (Å²) in [6.07, 6.45) is -0.0641. The Hall–Kier alpha value is -3.71. The highest BCUT2D eigenvalue weighted by molar-refractivity contribution is 6.32. The molecule has 200 valence electrons. The fourth-order valence-electron chi connectivity index (χ4n) is 4.14. The van der Waals surface area contributed by atoms with Crippen molar-refractivity contribution in [3.05, 3.63) is 83.4 Å². The minimum atomic E-state index is -0.544. The Balaban J connectivity index is 1.34. The SMILES string of the molecule is CC(C)(C)OC(=O)N1CCC(OC(=O)Nc2ccccc2-c2ccc(OCc3ccccc3)c(Cl)c2)CC1. The Bertz CT molecular complexity index is 1250. The van der Waals surface area contributed by atoms with Crippen molar-refractivity contribution in [1.29, 1.82) is 0 Å². The first kappa shape index (κ1) is 27.3. The molecule has 7 nitrogen and oxygen atoms in total. The van der Waals surface area contributed by atoms with E-state index in [4.69, 9.17) is 25.8 Å². The van der Waals surface area contributed by atoms with Gasteiger partial charge in [0.2, 0.25) is 0 Å². The first-order valence-corrected chi connectivity index (χ1v) is 13.1. The second kappa shape index (κ2) is 12.2. The van der Waals surface area contributed by atoms with Crippen molar-refractivity contribution in [1.82, 2.24) is 4.90 Å². The van der Waals surface area contributed by atoms with Gasteiger partial charge in [-0.3, -0.25) is 5.32 Å². The third-order valence-electron chi connectivity index (χ3n) is 6.01. The van der Waals surface area contributed by atoms with Gasteiger partial charge in [-0.15, -0.1) is 0 Å². The average molecular weight is 537 g/mol. The van der Waals surface area contributed by atoms with Gasteiger partial charge in [0.1, 0.15) is 24.1 Å². The van der Waals surface area contributed by atoms with E-state index in [0.29, 0.717) is 49.0 Å². The molecular weight excluding hydrogens is 504 g/mol. The van der Waals surface area contributed by atoms with E-state index in [1.54, 1.807) is 4.90 Å². The number of carbonyl (C=O) groups is 2. The molecule has 1 aliphatic rings. The molecule has 1 saturated heterocycles. The quantitative estimate of drug-likeness (QED) is 0.352. The normalized spacial score (nSPS) is 14.1. The minimum absolute atomic E-state index is 0.281. The largest absolute Gasteiger partial charge is 0.487 e. The molecule has 3 aromatic rings. The third-order valence-corrected chi connectivity index (χ3v) is 6.31. The zero-order chi connectivity index (χ0) is 27.1. The van der Waals surface area contributed by atoms with Crippen LogP contribution in [0.2, 0.25) is 5.02 Å². The molecule has 0 saturated carbocycles. The lowest BCUT2D eigenvalue weighted by Crippen LogP contribution is -2.44. The highest BCUT2D eigenvalue weighted by Gasteiger charge is 2.28.